The summed E-state index contributed by atoms with van der Waals surface area (Å²) < 4.78 is 0. The van der Waals surface area contributed by atoms with Gasteiger partial charge in [0.05, 0.1) is 11.6 Å². The van der Waals surface area contributed by atoms with Crippen molar-refractivity contribution in [1.82, 2.24) is 15.0 Å². The second-order valence-corrected chi connectivity index (χ2v) is 6.16. The molecule has 1 aliphatic carbocycles. The zero-order valence-electron chi connectivity index (χ0n) is 11.7. The number of carboxylic acids is 1. The lowest BCUT2D eigenvalue weighted by Crippen LogP contribution is -2.39. The number of nitrogens with zero attached hydrogens (tertiary/aromatic N) is 3. The predicted octanol–water partition coefficient (Wildman–Crippen LogP) is 2.04. The molecule has 0 unspecified atom stereocenters. The predicted molar refractivity (Wildman–Crippen MR) is 78.1 cm³/mol. The molecule has 2 fully saturated rings. The Bertz CT molecular complexity index is 684. The van der Waals surface area contributed by atoms with Crippen molar-refractivity contribution in [3.63, 3.8) is 0 Å². The van der Waals surface area contributed by atoms with E-state index in [1.165, 1.54) is 0 Å². The summed E-state index contributed by atoms with van der Waals surface area (Å²) >= 11 is 0. The van der Waals surface area contributed by atoms with Gasteiger partial charge in [-0.2, -0.15) is 0 Å². The summed E-state index contributed by atoms with van der Waals surface area (Å²) in [4.78, 5) is 25.7. The number of rotatable bonds is 3. The van der Waals surface area contributed by atoms with Crippen molar-refractivity contribution in [2.24, 2.45) is 11.3 Å². The topological polar surface area (TPSA) is 82.1 Å². The average Bonchev–Trinajstić information content (AvgIpc) is 3.19. The van der Waals surface area contributed by atoms with Gasteiger partial charge in [0.25, 0.3) is 0 Å². The van der Waals surface area contributed by atoms with Crippen LogP contribution in [-0.4, -0.2) is 39.1 Å². The molecule has 0 atom stereocenters. The van der Waals surface area contributed by atoms with Crippen LogP contribution in [0.4, 0.5) is 5.82 Å². The van der Waals surface area contributed by atoms with Gasteiger partial charge in [-0.05, 0) is 37.7 Å². The van der Waals surface area contributed by atoms with Crippen LogP contribution in [0.3, 0.4) is 0 Å². The fourth-order valence-corrected chi connectivity index (χ4v) is 3.57. The summed E-state index contributed by atoms with van der Waals surface area (Å²) in [5.74, 6) is 0.602. The number of hydrogen-bond donors (Lipinski definition) is 2. The van der Waals surface area contributed by atoms with E-state index in [1.54, 1.807) is 6.20 Å². The SMILES string of the molecule is O=C(O)C1(C2CCN(c3cnc4[nH]ccc4n3)CC2)CC1. The van der Waals surface area contributed by atoms with Crippen LogP contribution in [0, 0.1) is 11.3 Å². The van der Waals surface area contributed by atoms with Crippen LogP contribution < -0.4 is 4.90 Å². The molecule has 2 aliphatic rings. The molecular formula is C15H18N4O2. The van der Waals surface area contributed by atoms with Gasteiger partial charge in [0, 0.05) is 19.3 Å². The zero-order chi connectivity index (χ0) is 14.4. The maximum atomic E-state index is 11.4. The second kappa shape index (κ2) is 4.44. The van der Waals surface area contributed by atoms with E-state index < -0.39 is 11.4 Å². The highest BCUT2D eigenvalue weighted by Gasteiger charge is 2.56. The number of aromatic amines is 1. The fraction of sp³-hybridized carbons (Fsp3) is 0.533. The third kappa shape index (κ3) is 1.97. The largest absolute Gasteiger partial charge is 0.481 e. The van der Waals surface area contributed by atoms with Gasteiger partial charge < -0.3 is 15.0 Å². The van der Waals surface area contributed by atoms with Crippen molar-refractivity contribution >= 4 is 23.0 Å². The molecule has 6 heteroatoms. The molecule has 6 nitrogen and oxygen atoms in total. The quantitative estimate of drug-likeness (QED) is 0.902. The summed E-state index contributed by atoms with van der Waals surface area (Å²) in [5.41, 5.74) is 1.26. The number of piperidine rings is 1. The summed E-state index contributed by atoms with van der Waals surface area (Å²) in [7, 11) is 0. The van der Waals surface area contributed by atoms with Gasteiger partial charge in [-0.1, -0.05) is 0 Å². The number of fused-ring (bicyclic) bond motifs is 1. The number of nitrogens with one attached hydrogen (secondary N) is 1. The van der Waals surface area contributed by atoms with Crippen molar-refractivity contribution in [1.29, 1.82) is 0 Å². The van der Waals surface area contributed by atoms with Crippen molar-refractivity contribution in [3.8, 4) is 0 Å². The Morgan fingerprint density at radius 1 is 1.38 bits per heavy atom. The molecule has 3 heterocycles. The first-order chi connectivity index (χ1) is 10.2. The molecule has 0 spiro atoms. The van der Waals surface area contributed by atoms with E-state index in [9.17, 15) is 9.90 Å². The fourth-order valence-electron chi connectivity index (χ4n) is 3.57. The summed E-state index contributed by atoms with van der Waals surface area (Å²) in [5, 5.41) is 9.39. The number of aromatic nitrogens is 3. The highest BCUT2D eigenvalue weighted by atomic mass is 16.4. The van der Waals surface area contributed by atoms with Crippen LogP contribution in [0.5, 0.6) is 0 Å². The van der Waals surface area contributed by atoms with Crippen molar-refractivity contribution in [2.75, 3.05) is 18.0 Å². The van der Waals surface area contributed by atoms with Crippen LogP contribution in [0.25, 0.3) is 11.2 Å². The number of carbonyl (C=O) groups is 1. The van der Waals surface area contributed by atoms with Crippen LogP contribution in [0.15, 0.2) is 18.5 Å². The lowest BCUT2D eigenvalue weighted by molar-refractivity contribution is -0.146. The standard InChI is InChI=1S/C15H18N4O2/c20-14(21)15(4-5-15)10-2-7-19(8-3-10)12-9-17-13-11(18-12)1-6-16-13/h1,6,9-10H,2-5,7-8H2,(H,16,17)(H,20,21). The number of carboxylic acid groups (broad SMARTS) is 1. The lowest BCUT2D eigenvalue weighted by Gasteiger charge is -2.35. The normalized spacial score (nSPS) is 21.6. The third-order valence-electron chi connectivity index (χ3n) is 5.06. The van der Waals surface area contributed by atoms with E-state index in [1.807, 2.05) is 12.3 Å². The summed E-state index contributed by atoms with van der Waals surface area (Å²) in [6.45, 7) is 1.73. The molecule has 2 aromatic rings. The molecule has 0 amide bonds. The molecule has 1 aliphatic heterocycles. The molecule has 2 N–H and O–H groups in total. The monoisotopic (exact) mass is 286 g/mol. The Labute approximate surface area is 122 Å². The van der Waals surface area contributed by atoms with Crippen molar-refractivity contribution in [2.45, 2.75) is 25.7 Å². The molecule has 0 bridgehead atoms. The number of anilines is 1. The van der Waals surface area contributed by atoms with Gasteiger partial charge in [-0.15, -0.1) is 0 Å². The molecule has 1 saturated heterocycles. The Kier molecular flexibility index (Phi) is 2.67. The average molecular weight is 286 g/mol. The maximum Gasteiger partial charge on any atom is 0.309 e. The highest BCUT2D eigenvalue weighted by Crippen LogP contribution is 2.55. The van der Waals surface area contributed by atoms with E-state index in [0.29, 0.717) is 5.92 Å². The number of aliphatic carboxylic acids is 1. The second-order valence-electron chi connectivity index (χ2n) is 6.16. The summed E-state index contributed by atoms with van der Waals surface area (Å²) in [6, 6.07) is 1.92. The third-order valence-corrected chi connectivity index (χ3v) is 5.06. The minimum Gasteiger partial charge on any atom is -0.481 e. The van der Waals surface area contributed by atoms with Crippen molar-refractivity contribution < 1.29 is 9.90 Å². The minimum absolute atomic E-state index is 0.315. The van der Waals surface area contributed by atoms with E-state index >= 15 is 0 Å². The molecule has 4 rings (SSSR count). The number of hydrogen-bond acceptors (Lipinski definition) is 4. The van der Waals surface area contributed by atoms with Crippen LogP contribution in [0.1, 0.15) is 25.7 Å². The van der Waals surface area contributed by atoms with Gasteiger partial charge >= 0.3 is 5.97 Å². The van der Waals surface area contributed by atoms with E-state index in [2.05, 4.69) is 19.9 Å². The van der Waals surface area contributed by atoms with Crippen molar-refractivity contribution in [3.05, 3.63) is 18.5 Å². The smallest absolute Gasteiger partial charge is 0.309 e. The Balaban J connectivity index is 1.48. The molecule has 2 aromatic heterocycles. The van der Waals surface area contributed by atoms with E-state index in [-0.39, 0.29) is 0 Å². The summed E-state index contributed by atoms with van der Waals surface area (Å²) in [6.07, 6.45) is 7.19. The lowest BCUT2D eigenvalue weighted by atomic mass is 9.81. The highest BCUT2D eigenvalue weighted by molar-refractivity contribution is 5.78. The molecule has 1 saturated carbocycles. The Morgan fingerprint density at radius 2 is 2.14 bits per heavy atom. The molecule has 21 heavy (non-hydrogen) atoms. The maximum absolute atomic E-state index is 11.4. The molecular weight excluding hydrogens is 268 g/mol. The van der Waals surface area contributed by atoms with Crippen LogP contribution in [-0.2, 0) is 4.79 Å². The first-order valence-corrected chi connectivity index (χ1v) is 7.47. The zero-order valence-corrected chi connectivity index (χ0v) is 11.7. The Hall–Kier alpha value is -2.11. The van der Waals surface area contributed by atoms with E-state index in [4.69, 9.17) is 0 Å². The minimum atomic E-state index is -0.602. The van der Waals surface area contributed by atoms with Crippen LogP contribution >= 0.6 is 0 Å². The Morgan fingerprint density at radius 3 is 2.81 bits per heavy atom. The van der Waals surface area contributed by atoms with E-state index in [0.717, 1.165) is 55.8 Å². The molecule has 0 aromatic carbocycles. The van der Waals surface area contributed by atoms with Gasteiger partial charge in [0.15, 0.2) is 5.65 Å². The van der Waals surface area contributed by atoms with Gasteiger partial charge in [0.1, 0.15) is 11.3 Å². The van der Waals surface area contributed by atoms with Crippen LogP contribution in [0.2, 0.25) is 0 Å². The first kappa shape index (κ1) is 12.6. The molecule has 110 valence electrons. The first-order valence-electron chi connectivity index (χ1n) is 7.47. The van der Waals surface area contributed by atoms with Gasteiger partial charge in [-0.3, -0.25) is 4.79 Å². The van der Waals surface area contributed by atoms with Gasteiger partial charge in [0.2, 0.25) is 0 Å². The molecule has 0 radical (unpaired) electrons. The van der Waals surface area contributed by atoms with Gasteiger partial charge in [-0.25, -0.2) is 9.97 Å². The number of H-pyrrole nitrogens is 1.